The first-order chi connectivity index (χ1) is 5.38. The molecule has 1 aromatic heterocycles. The minimum atomic E-state index is -0.318. The fourth-order valence-electron chi connectivity index (χ4n) is 0.703. The maximum absolute atomic E-state index is 11.7. The number of hydrogen-bond acceptors (Lipinski definition) is 3. The number of alkyl halides is 1. The van der Waals surface area contributed by atoms with Gasteiger partial charge in [0.1, 0.15) is 6.33 Å². The van der Waals surface area contributed by atoms with Gasteiger partial charge in [0.25, 0.3) is 0 Å². The van der Waals surface area contributed by atoms with Crippen LogP contribution < -0.4 is 0 Å². The first kappa shape index (κ1) is 8.52. The van der Waals surface area contributed by atoms with Crippen molar-refractivity contribution in [3.8, 4) is 0 Å². The van der Waals surface area contributed by atoms with E-state index in [1.807, 2.05) is 11.5 Å². The molecule has 0 aliphatic rings. The van der Waals surface area contributed by atoms with Crippen LogP contribution in [0, 0.1) is 0 Å². The zero-order valence-corrected chi connectivity index (χ0v) is 7.14. The number of aryl methyl sites for hydroxylation is 1. The standard InChI is InChI=1S/C6H10FN3S/c1-2-10-5-8-9-6(10)11-4-3-7/h5H,2-4H2,1H3. The summed E-state index contributed by atoms with van der Waals surface area (Å²) >= 11 is 1.39. The van der Waals surface area contributed by atoms with Gasteiger partial charge in [0.05, 0.1) is 6.67 Å². The van der Waals surface area contributed by atoms with Crippen molar-refractivity contribution < 1.29 is 4.39 Å². The zero-order chi connectivity index (χ0) is 8.10. The molecule has 0 atom stereocenters. The number of thioether (sulfide) groups is 1. The van der Waals surface area contributed by atoms with E-state index in [2.05, 4.69) is 10.2 Å². The van der Waals surface area contributed by atoms with E-state index in [-0.39, 0.29) is 6.67 Å². The number of aromatic nitrogens is 3. The summed E-state index contributed by atoms with van der Waals surface area (Å²) in [5.41, 5.74) is 0. The van der Waals surface area contributed by atoms with E-state index in [0.717, 1.165) is 11.7 Å². The minimum Gasteiger partial charge on any atom is -0.309 e. The van der Waals surface area contributed by atoms with E-state index in [1.54, 1.807) is 6.33 Å². The summed E-state index contributed by atoms with van der Waals surface area (Å²) < 4.78 is 13.6. The van der Waals surface area contributed by atoms with Crippen LogP contribution in [0.15, 0.2) is 11.5 Å². The molecule has 5 heteroatoms. The van der Waals surface area contributed by atoms with Crippen molar-refractivity contribution in [2.75, 3.05) is 12.4 Å². The lowest BCUT2D eigenvalue weighted by atomic mass is 10.7. The predicted molar refractivity (Wildman–Crippen MR) is 42.4 cm³/mol. The van der Waals surface area contributed by atoms with Crippen LogP contribution in [0.4, 0.5) is 4.39 Å². The Bertz CT molecular complexity index is 213. The molecular weight excluding hydrogens is 165 g/mol. The van der Waals surface area contributed by atoms with Crippen molar-refractivity contribution in [2.45, 2.75) is 18.6 Å². The molecular formula is C6H10FN3S. The maximum Gasteiger partial charge on any atom is 0.191 e. The minimum absolute atomic E-state index is 0.318. The van der Waals surface area contributed by atoms with Crippen molar-refractivity contribution >= 4 is 11.8 Å². The van der Waals surface area contributed by atoms with Crippen LogP contribution in [0.2, 0.25) is 0 Å². The van der Waals surface area contributed by atoms with Gasteiger partial charge in [-0.25, -0.2) is 0 Å². The summed E-state index contributed by atoms with van der Waals surface area (Å²) in [4.78, 5) is 0. The molecule has 1 heterocycles. The molecule has 0 bridgehead atoms. The van der Waals surface area contributed by atoms with Crippen LogP contribution in [-0.4, -0.2) is 27.2 Å². The Morgan fingerprint density at radius 1 is 1.73 bits per heavy atom. The largest absolute Gasteiger partial charge is 0.309 e. The molecule has 0 amide bonds. The van der Waals surface area contributed by atoms with Gasteiger partial charge in [-0.05, 0) is 6.92 Å². The smallest absolute Gasteiger partial charge is 0.191 e. The molecule has 0 N–H and O–H groups in total. The second kappa shape index (κ2) is 4.33. The Hall–Kier alpha value is -0.580. The van der Waals surface area contributed by atoms with Gasteiger partial charge in [0, 0.05) is 12.3 Å². The number of hydrogen-bond donors (Lipinski definition) is 0. The van der Waals surface area contributed by atoms with Gasteiger partial charge in [-0.1, -0.05) is 11.8 Å². The number of halogens is 1. The molecule has 0 spiro atoms. The van der Waals surface area contributed by atoms with Gasteiger partial charge in [-0.2, -0.15) is 0 Å². The summed E-state index contributed by atoms with van der Waals surface area (Å²) in [6.45, 7) is 2.52. The van der Waals surface area contributed by atoms with E-state index in [0.29, 0.717) is 5.75 Å². The molecule has 1 rings (SSSR count). The van der Waals surface area contributed by atoms with Crippen molar-refractivity contribution in [3.05, 3.63) is 6.33 Å². The summed E-state index contributed by atoms with van der Waals surface area (Å²) in [7, 11) is 0. The van der Waals surface area contributed by atoms with E-state index >= 15 is 0 Å². The molecule has 62 valence electrons. The topological polar surface area (TPSA) is 30.7 Å². The Morgan fingerprint density at radius 2 is 2.55 bits per heavy atom. The first-order valence-electron chi connectivity index (χ1n) is 3.45. The average Bonchev–Trinajstić information content (AvgIpc) is 2.47. The third-order valence-corrected chi connectivity index (χ3v) is 2.16. The average molecular weight is 175 g/mol. The van der Waals surface area contributed by atoms with Gasteiger partial charge in [-0.3, -0.25) is 4.39 Å². The summed E-state index contributed by atoms with van der Waals surface area (Å²) in [6, 6.07) is 0. The van der Waals surface area contributed by atoms with Crippen LogP contribution in [0.25, 0.3) is 0 Å². The van der Waals surface area contributed by atoms with Crippen molar-refractivity contribution in [1.29, 1.82) is 0 Å². The van der Waals surface area contributed by atoms with Gasteiger partial charge >= 0.3 is 0 Å². The zero-order valence-electron chi connectivity index (χ0n) is 6.33. The molecule has 3 nitrogen and oxygen atoms in total. The molecule has 1 aromatic rings. The van der Waals surface area contributed by atoms with E-state index < -0.39 is 0 Å². The monoisotopic (exact) mass is 175 g/mol. The number of rotatable bonds is 4. The van der Waals surface area contributed by atoms with Crippen LogP contribution in [0.5, 0.6) is 0 Å². The summed E-state index contributed by atoms with van der Waals surface area (Å²) in [5.74, 6) is 0.457. The van der Waals surface area contributed by atoms with Gasteiger partial charge in [0.2, 0.25) is 0 Å². The van der Waals surface area contributed by atoms with Gasteiger partial charge in [0.15, 0.2) is 5.16 Å². The third-order valence-electron chi connectivity index (χ3n) is 1.23. The van der Waals surface area contributed by atoms with Crippen LogP contribution >= 0.6 is 11.8 Å². The Morgan fingerprint density at radius 3 is 3.18 bits per heavy atom. The molecule has 0 saturated carbocycles. The van der Waals surface area contributed by atoms with Crippen molar-refractivity contribution in [3.63, 3.8) is 0 Å². The molecule has 11 heavy (non-hydrogen) atoms. The molecule has 0 fully saturated rings. The van der Waals surface area contributed by atoms with Crippen LogP contribution in [0.3, 0.4) is 0 Å². The van der Waals surface area contributed by atoms with Crippen molar-refractivity contribution in [2.24, 2.45) is 0 Å². The Balaban J connectivity index is 2.54. The fraction of sp³-hybridized carbons (Fsp3) is 0.667. The normalized spacial score (nSPS) is 10.4. The fourth-order valence-corrected chi connectivity index (χ4v) is 1.41. The molecule has 0 radical (unpaired) electrons. The molecule has 0 aromatic carbocycles. The Kier molecular flexibility index (Phi) is 3.35. The lowest BCUT2D eigenvalue weighted by molar-refractivity contribution is 0.532. The highest BCUT2D eigenvalue weighted by Crippen LogP contribution is 2.13. The Labute approximate surface area is 69.0 Å². The first-order valence-corrected chi connectivity index (χ1v) is 4.43. The summed E-state index contributed by atoms with van der Waals surface area (Å²) in [6.07, 6.45) is 1.65. The van der Waals surface area contributed by atoms with Crippen LogP contribution in [-0.2, 0) is 6.54 Å². The summed E-state index contributed by atoms with van der Waals surface area (Å²) in [5, 5.41) is 8.35. The quantitative estimate of drug-likeness (QED) is 0.647. The molecule has 0 aliphatic carbocycles. The number of nitrogens with zero attached hydrogens (tertiary/aromatic N) is 3. The molecule has 0 saturated heterocycles. The molecule has 0 aliphatic heterocycles. The van der Waals surface area contributed by atoms with Gasteiger partial charge in [-0.15, -0.1) is 10.2 Å². The maximum atomic E-state index is 11.7. The highest BCUT2D eigenvalue weighted by Gasteiger charge is 2.01. The second-order valence-corrected chi connectivity index (χ2v) is 3.00. The predicted octanol–water partition coefficient (Wildman–Crippen LogP) is 1.36. The lowest BCUT2D eigenvalue weighted by Crippen LogP contribution is -1.95. The third kappa shape index (κ3) is 2.18. The van der Waals surface area contributed by atoms with Crippen molar-refractivity contribution in [1.82, 2.24) is 14.8 Å². The highest BCUT2D eigenvalue weighted by molar-refractivity contribution is 7.99. The lowest BCUT2D eigenvalue weighted by Gasteiger charge is -1.99. The van der Waals surface area contributed by atoms with E-state index in [9.17, 15) is 4.39 Å². The molecule has 0 unspecified atom stereocenters. The SMILES string of the molecule is CCn1cnnc1SCCF. The van der Waals surface area contributed by atoms with E-state index in [1.165, 1.54) is 11.8 Å². The van der Waals surface area contributed by atoms with Gasteiger partial charge < -0.3 is 4.57 Å². The van der Waals surface area contributed by atoms with E-state index in [4.69, 9.17) is 0 Å². The van der Waals surface area contributed by atoms with Crippen LogP contribution in [0.1, 0.15) is 6.92 Å². The highest BCUT2D eigenvalue weighted by atomic mass is 32.2. The second-order valence-electron chi connectivity index (χ2n) is 1.94.